The number of hydrogen-bond acceptors (Lipinski definition) is 5. The second kappa shape index (κ2) is 10.9. The Morgan fingerprint density at radius 3 is 2.59 bits per heavy atom. The molecule has 0 atom stereocenters. The molecule has 2 aromatic carbocycles. The van der Waals surface area contributed by atoms with Crippen molar-refractivity contribution in [3.63, 3.8) is 0 Å². The van der Waals surface area contributed by atoms with E-state index in [1.54, 1.807) is 10.6 Å². The van der Waals surface area contributed by atoms with E-state index in [1.165, 1.54) is 30.3 Å². The molecule has 1 aromatic heterocycles. The Morgan fingerprint density at radius 2 is 1.88 bits per heavy atom. The lowest BCUT2D eigenvalue weighted by molar-refractivity contribution is 0.103. The van der Waals surface area contributed by atoms with Gasteiger partial charge in [0.15, 0.2) is 17.4 Å². The summed E-state index contributed by atoms with van der Waals surface area (Å²) in [6.45, 7) is 5.33. The van der Waals surface area contributed by atoms with Crippen molar-refractivity contribution in [1.82, 2.24) is 25.0 Å². The number of hydrogen-bond donors (Lipinski definition) is 1. The number of aromatic nitrogens is 3. The highest BCUT2D eigenvalue weighted by molar-refractivity contribution is 6.11. The first-order chi connectivity index (χ1) is 15.4. The van der Waals surface area contributed by atoms with Gasteiger partial charge in [-0.25, -0.2) is 8.78 Å². The molecular formula is C24H27F2N5O. The van der Waals surface area contributed by atoms with Crippen LogP contribution in [0.2, 0.25) is 0 Å². The van der Waals surface area contributed by atoms with Gasteiger partial charge in [0, 0.05) is 5.56 Å². The molecule has 1 N–H and O–H groups in total. The van der Waals surface area contributed by atoms with Gasteiger partial charge in [0.1, 0.15) is 11.6 Å². The minimum absolute atomic E-state index is 0.0443. The summed E-state index contributed by atoms with van der Waals surface area (Å²) in [5, 5.41) is 11.9. The van der Waals surface area contributed by atoms with Crippen LogP contribution < -0.4 is 5.32 Å². The minimum atomic E-state index is -0.658. The SMILES string of the molecule is C=CCCCNCc1nnc(CN(C)C)n1-c1ccc(F)cc1C(=O)c1ccccc1F. The van der Waals surface area contributed by atoms with Crippen molar-refractivity contribution in [2.24, 2.45) is 0 Å². The second-order valence-corrected chi connectivity index (χ2v) is 7.68. The molecule has 6 nitrogen and oxygen atoms in total. The molecule has 0 amide bonds. The number of nitrogens with one attached hydrogen (secondary N) is 1. The molecule has 0 unspecified atom stereocenters. The smallest absolute Gasteiger partial charge is 0.198 e. The van der Waals surface area contributed by atoms with Crippen LogP contribution in [0.1, 0.15) is 40.4 Å². The van der Waals surface area contributed by atoms with Gasteiger partial charge in [0.2, 0.25) is 0 Å². The summed E-state index contributed by atoms with van der Waals surface area (Å²) in [6, 6.07) is 9.59. The van der Waals surface area contributed by atoms with Crippen LogP contribution in [-0.4, -0.2) is 46.1 Å². The number of carbonyl (C=O) groups excluding carboxylic acids is 1. The van der Waals surface area contributed by atoms with E-state index in [4.69, 9.17) is 0 Å². The number of rotatable bonds is 11. The van der Waals surface area contributed by atoms with Crippen LogP contribution in [0, 0.1) is 11.6 Å². The largest absolute Gasteiger partial charge is 0.310 e. The third-order valence-electron chi connectivity index (χ3n) is 4.86. The van der Waals surface area contributed by atoms with Gasteiger partial charge in [-0.2, -0.15) is 0 Å². The highest BCUT2D eigenvalue weighted by Gasteiger charge is 2.23. The predicted octanol–water partition coefficient (Wildman–Crippen LogP) is 3.89. The number of nitrogens with zero attached hydrogens (tertiary/aromatic N) is 4. The first-order valence-corrected chi connectivity index (χ1v) is 10.4. The van der Waals surface area contributed by atoms with Crippen molar-refractivity contribution < 1.29 is 13.6 Å². The monoisotopic (exact) mass is 439 g/mol. The summed E-state index contributed by atoms with van der Waals surface area (Å²) in [5.74, 6) is -0.678. The van der Waals surface area contributed by atoms with E-state index in [0.29, 0.717) is 30.4 Å². The number of halogens is 2. The van der Waals surface area contributed by atoms with Gasteiger partial charge < -0.3 is 10.2 Å². The van der Waals surface area contributed by atoms with E-state index in [2.05, 4.69) is 22.1 Å². The zero-order chi connectivity index (χ0) is 23.1. The Balaban J connectivity index is 2.06. The zero-order valence-corrected chi connectivity index (χ0v) is 18.3. The van der Waals surface area contributed by atoms with E-state index >= 15 is 0 Å². The summed E-state index contributed by atoms with van der Waals surface area (Å²) in [7, 11) is 3.78. The summed E-state index contributed by atoms with van der Waals surface area (Å²) in [4.78, 5) is 15.1. The van der Waals surface area contributed by atoms with Crippen molar-refractivity contribution in [2.45, 2.75) is 25.9 Å². The number of carbonyl (C=O) groups is 1. The standard InChI is InChI=1S/C24H27F2N5O/c1-4-5-8-13-27-15-22-28-29-23(16-30(2)3)31(22)21-12-11-17(25)14-19(21)24(32)18-9-6-7-10-20(18)26/h4,6-7,9-12,14,27H,1,5,8,13,15-16H2,2-3H3. The van der Waals surface area contributed by atoms with Crippen LogP contribution in [0.25, 0.3) is 5.69 Å². The van der Waals surface area contributed by atoms with Gasteiger partial charge in [-0.15, -0.1) is 16.8 Å². The quantitative estimate of drug-likeness (QED) is 0.279. The maximum absolute atomic E-state index is 14.3. The van der Waals surface area contributed by atoms with Gasteiger partial charge >= 0.3 is 0 Å². The van der Waals surface area contributed by atoms with Gasteiger partial charge in [-0.1, -0.05) is 18.2 Å². The molecule has 8 heteroatoms. The highest BCUT2D eigenvalue weighted by Crippen LogP contribution is 2.24. The van der Waals surface area contributed by atoms with E-state index in [-0.39, 0.29) is 11.1 Å². The maximum atomic E-state index is 14.3. The molecular weight excluding hydrogens is 412 g/mol. The fraction of sp³-hybridized carbons (Fsp3) is 0.292. The van der Waals surface area contributed by atoms with Crippen LogP contribution in [0.5, 0.6) is 0 Å². The molecule has 0 radical (unpaired) electrons. The lowest BCUT2D eigenvalue weighted by Crippen LogP contribution is -2.21. The van der Waals surface area contributed by atoms with Gasteiger partial charge in [-0.3, -0.25) is 9.36 Å². The fourth-order valence-corrected chi connectivity index (χ4v) is 3.38. The molecule has 1 heterocycles. The first kappa shape index (κ1) is 23.4. The molecule has 3 rings (SSSR count). The molecule has 0 fully saturated rings. The van der Waals surface area contributed by atoms with Crippen LogP contribution >= 0.6 is 0 Å². The lowest BCUT2D eigenvalue weighted by atomic mass is 10.0. The Hall–Kier alpha value is -3.23. The summed E-state index contributed by atoms with van der Waals surface area (Å²) >= 11 is 0. The van der Waals surface area contributed by atoms with Crippen molar-refractivity contribution >= 4 is 5.78 Å². The van der Waals surface area contributed by atoms with E-state index in [1.807, 2.05) is 25.1 Å². The molecule has 32 heavy (non-hydrogen) atoms. The third kappa shape index (κ3) is 5.52. The number of benzene rings is 2. The molecule has 168 valence electrons. The molecule has 0 spiro atoms. The Labute approximate surface area is 186 Å². The number of ketones is 1. The van der Waals surface area contributed by atoms with Crippen molar-refractivity contribution in [1.29, 1.82) is 0 Å². The van der Waals surface area contributed by atoms with Crippen LogP contribution in [0.15, 0.2) is 55.1 Å². The summed E-state index contributed by atoms with van der Waals surface area (Å²) < 4.78 is 30.3. The lowest BCUT2D eigenvalue weighted by Gasteiger charge is -2.17. The van der Waals surface area contributed by atoms with Gasteiger partial charge in [0.25, 0.3) is 0 Å². The maximum Gasteiger partial charge on any atom is 0.198 e. The molecule has 0 bridgehead atoms. The van der Waals surface area contributed by atoms with Crippen molar-refractivity contribution in [3.05, 3.63) is 89.5 Å². The van der Waals surface area contributed by atoms with Crippen LogP contribution in [-0.2, 0) is 13.1 Å². The minimum Gasteiger partial charge on any atom is -0.310 e. The predicted molar refractivity (Wildman–Crippen MR) is 120 cm³/mol. The van der Waals surface area contributed by atoms with Crippen LogP contribution in [0.4, 0.5) is 8.78 Å². The topological polar surface area (TPSA) is 63.1 Å². The number of allylic oxidation sites excluding steroid dienone is 1. The molecule has 0 saturated heterocycles. The highest BCUT2D eigenvalue weighted by atomic mass is 19.1. The van der Waals surface area contributed by atoms with Gasteiger partial charge in [0.05, 0.1) is 24.3 Å². The molecule has 0 saturated carbocycles. The Morgan fingerprint density at radius 1 is 1.12 bits per heavy atom. The molecule has 0 aliphatic rings. The summed E-state index contributed by atoms with van der Waals surface area (Å²) in [5.41, 5.74) is 0.331. The fourth-order valence-electron chi connectivity index (χ4n) is 3.38. The average molecular weight is 440 g/mol. The van der Waals surface area contributed by atoms with Crippen molar-refractivity contribution in [2.75, 3.05) is 20.6 Å². The van der Waals surface area contributed by atoms with Crippen molar-refractivity contribution in [3.8, 4) is 5.69 Å². The molecule has 0 aliphatic carbocycles. The summed E-state index contributed by atoms with van der Waals surface area (Å²) in [6.07, 6.45) is 3.68. The van der Waals surface area contributed by atoms with E-state index < -0.39 is 17.4 Å². The average Bonchev–Trinajstić information content (AvgIpc) is 3.15. The first-order valence-electron chi connectivity index (χ1n) is 10.4. The second-order valence-electron chi connectivity index (χ2n) is 7.68. The van der Waals surface area contributed by atoms with E-state index in [0.717, 1.165) is 25.5 Å². The zero-order valence-electron chi connectivity index (χ0n) is 18.3. The Bertz CT molecular complexity index is 1090. The van der Waals surface area contributed by atoms with Crippen LogP contribution in [0.3, 0.4) is 0 Å². The number of unbranched alkanes of at least 4 members (excludes halogenated alkanes) is 1. The molecule has 0 aliphatic heterocycles. The Kier molecular flexibility index (Phi) is 7.97. The molecule has 3 aromatic rings. The van der Waals surface area contributed by atoms with Gasteiger partial charge in [-0.05, 0) is 63.8 Å². The van der Waals surface area contributed by atoms with E-state index in [9.17, 15) is 13.6 Å². The normalized spacial score (nSPS) is 11.2. The third-order valence-corrected chi connectivity index (χ3v) is 4.86.